The highest BCUT2D eigenvalue weighted by Gasteiger charge is 2.26. The normalized spacial score (nSPS) is 12.2. The van der Waals surface area contributed by atoms with Gasteiger partial charge in [-0.1, -0.05) is 97.1 Å². The van der Waals surface area contributed by atoms with Crippen LogP contribution in [0.1, 0.15) is 118 Å². The number of unbranched alkanes of at least 4 members (excludes halogenated alkanes) is 9. The van der Waals surface area contributed by atoms with Gasteiger partial charge in [-0.2, -0.15) is 5.10 Å². The van der Waals surface area contributed by atoms with Crippen molar-refractivity contribution in [2.75, 3.05) is 11.9 Å². The van der Waals surface area contributed by atoms with Crippen LogP contribution in [-0.4, -0.2) is 50.4 Å². The number of esters is 1. The van der Waals surface area contributed by atoms with E-state index in [1.54, 1.807) is 19.1 Å². The molecule has 1 atom stereocenters. The molecule has 0 saturated heterocycles. The molecule has 2 aromatic heterocycles. The number of benzene rings is 1. The lowest BCUT2D eigenvalue weighted by Gasteiger charge is -2.15. The molecule has 0 bridgehead atoms. The fourth-order valence-corrected chi connectivity index (χ4v) is 5.42. The van der Waals surface area contributed by atoms with Crippen LogP contribution in [0, 0.1) is 0 Å². The fraction of sp³-hybridized carbons (Fsp3) is 0.606. The SMILES string of the molecule is CCCCCCCCCCCCNC(=O)CC(C)OC(=O)Nc1ccc(-c2nn3nc(C(C)(C)C)c(Cl)c3[nH]2)c(OC(C)=O)c1. The van der Waals surface area contributed by atoms with Crippen molar-refractivity contribution < 1.29 is 23.9 Å². The molecule has 2 heterocycles. The molecule has 2 amide bonds. The van der Waals surface area contributed by atoms with E-state index in [-0.39, 0.29) is 23.5 Å². The third-order valence-corrected chi connectivity index (χ3v) is 7.68. The van der Waals surface area contributed by atoms with E-state index >= 15 is 0 Å². The smallest absolute Gasteiger partial charge is 0.411 e. The number of nitrogens with one attached hydrogen (secondary N) is 3. The van der Waals surface area contributed by atoms with Crippen molar-refractivity contribution in [2.24, 2.45) is 0 Å². The third kappa shape index (κ3) is 11.4. The number of amides is 2. The molecule has 3 N–H and O–H groups in total. The standard InChI is InChI=1S/C33H49ClN6O5/c1-7-8-9-10-11-12-13-14-15-16-19-35-27(42)20-22(2)44-32(43)36-24-17-18-25(26(21-24)45-23(3)41)30-37-31-28(34)29(33(4,5)6)38-40(31)39-30/h17-18,21-22H,7-16,19-20H2,1-6H3,(H,35,42)(H,36,43)(H,37,39). The van der Waals surface area contributed by atoms with Gasteiger partial charge in [-0.05, 0) is 25.5 Å². The Morgan fingerprint density at radius 2 is 1.64 bits per heavy atom. The molecule has 0 fully saturated rings. The summed E-state index contributed by atoms with van der Waals surface area (Å²) >= 11 is 6.56. The number of carbonyl (C=O) groups excluding carboxylic acids is 3. The van der Waals surface area contributed by atoms with Gasteiger partial charge >= 0.3 is 12.1 Å². The molecule has 0 radical (unpaired) electrons. The summed E-state index contributed by atoms with van der Waals surface area (Å²) in [7, 11) is 0. The summed E-state index contributed by atoms with van der Waals surface area (Å²) in [4.78, 5) is 39.9. The zero-order valence-corrected chi connectivity index (χ0v) is 28.3. The lowest BCUT2D eigenvalue weighted by Crippen LogP contribution is -2.30. The highest BCUT2D eigenvalue weighted by molar-refractivity contribution is 6.34. The molecular formula is C33H49ClN6O5. The summed E-state index contributed by atoms with van der Waals surface area (Å²) in [5.74, 6) is -0.156. The summed E-state index contributed by atoms with van der Waals surface area (Å²) in [6.07, 6.45) is 11.0. The topological polar surface area (TPSA) is 140 Å². The van der Waals surface area contributed by atoms with E-state index in [4.69, 9.17) is 21.1 Å². The number of H-pyrrole nitrogens is 1. The molecule has 1 unspecified atom stereocenters. The van der Waals surface area contributed by atoms with Gasteiger partial charge in [0.25, 0.3) is 0 Å². The van der Waals surface area contributed by atoms with Gasteiger partial charge in [0, 0.05) is 30.6 Å². The molecule has 0 saturated carbocycles. The van der Waals surface area contributed by atoms with Crippen LogP contribution in [0.3, 0.4) is 0 Å². The first kappa shape index (κ1) is 35.9. The molecule has 248 valence electrons. The average Bonchev–Trinajstić information content (AvgIpc) is 3.50. The van der Waals surface area contributed by atoms with Crippen LogP contribution in [0.5, 0.6) is 5.75 Å². The summed E-state index contributed by atoms with van der Waals surface area (Å²) in [6, 6.07) is 4.77. The average molecular weight is 645 g/mol. The van der Waals surface area contributed by atoms with Crippen LogP contribution >= 0.6 is 11.6 Å². The minimum atomic E-state index is -0.732. The molecule has 3 rings (SSSR count). The predicted octanol–water partition coefficient (Wildman–Crippen LogP) is 7.96. The van der Waals surface area contributed by atoms with Crippen LogP contribution in [0.15, 0.2) is 18.2 Å². The van der Waals surface area contributed by atoms with Crippen molar-refractivity contribution in [3.8, 4) is 17.1 Å². The minimum absolute atomic E-state index is 0.0582. The van der Waals surface area contributed by atoms with Gasteiger partial charge in [0.15, 0.2) is 11.5 Å². The number of ether oxygens (including phenoxy) is 2. The van der Waals surface area contributed by atoms with Gasteiger partial charge in [-0.3, -0.25) is 14.9 Å². The number of halogens is 1. The largest absolute Gasteiger partial charge is 0.446 e. The van der Waals surface area contributed by atoms with Crippen molar-refractivity contribution in [1.82, 2.24) is 25.1 Å². The zero-order valence-electron chi connectivity index (χ0n) is 27.6. The third-order valence-electron chi connectivity index (χ3n) is 7.32. The zero-order chi connectivity index (χ0) is 33.0. The van der Waals surface area contributed by atoms with Crippen LogP contribution in [0.4, 0.5) is 10.5 Å². The fourth-order valence-electron chi connectivity index (χ4n) is 4.98. The van der Waals surface area contributed by atoms with E-state index in [1.807, 2.05) is 20.8 Å². The van der Waals surface area contributed by atoms with E-state index in [0.717, 1.165) is 12.8 Å². The molecule has 12 heteroatoms. The lowest BCUT2D eigenvalue weighted by atomic mass is 9.92. The summed E-state index contributed by atoms with van der Waals surface area (Å²) in [6.45, 7) is 11.8. The molecule has 0 spiro atoms. The van der Waals surface area contributed by atoms with Gasteiger partial charge < -0.3 is 19.8 Å². The van der Waals surface area contributed by atoms with Gasteiger partial charge in [-0.15, -0.1) is 9.73 Å². The Morgan fingerprint density at radius 1 is 1.00 bits per heavy atom. The van der Waals surface area contributed by atoms with Crippen LogP contribution in [-0.2, 0) is 19.7 Å². The Kier molecular flexibility index (Phi) is 13.7. The number of rotatable bonds is 17. The Labute approximate surface area is 271 Å². The molecular weight excluding hydrogens is 596 g/mol. The van der Waals surface area contributed by atoms with E-state index in [0.29, 0.717) is 40.0 Å². The number of aromatic amines is 1. The Balaban J connectivity index is 1.47. The summed E-state index contributed by atoms with van der Waals surface area (Å²) in [5.41, 5.74) is 1.74. The van der Waals surface area contributed by atoms with Crippen LogP contribution in [0.2, 0.25) is 5.02 Å². The van der Waals surface area contributed by atoms with Crippen molar-refractivity contribution in [1.29, 1.82) is 0 Å². The van der Waals surface area contributed by atoms with E-state index < -0.39 is 18.2 Å². The first-order valence-corrected chi connectivity index (χ1v) is 16.5. The second kappa shape index (κ2) is 17.2. The molecule has 3 aromatic rings. The number of carbonyl (C=O) groups is 3. The second-order valence-corrected chi connectivity index (χ2v) is 13.0. The van der Waals surface area contributed by atoms with Crippen LogP contribution in [0.25, 0.3) is 17.0 Å². The van der Waals surface area contributed by atoms with Crippen molar-refractivity contribution >= 4 is 40.9 Å². The van der Waals surface area contributed by atoms with Gasteiger partial charge in [0.2, 0.25) is 5.91 Å². The van der Waals surface area contributed by atoms with E-state index in [2.05, 4.69) is 32.7 Å². The number of anilines is 1. The molecule has 1 aromatic carbocycles. The number of aromatic nitrogens is 4. The number of nitrogens with zero attached hydrogens (tertiary/aromatic N) is 3. The lowest BCUT2D eigenvalue weighted by molar-refractivity contribution is -0.131. The molecule has 45 heavy (non-hydrogen) atoms. The van der Waals surface area contributed by atoms with Crippen molar-refractivity contribution in [3.05, 3.63) is 28.9 Å². The number of hydrogen-bond acceptors (Lipinski definition) is 7. The highest BCUT2D eigenvalue weighted by atomic mass is 35.5. The Bertz CT molecular complexity index is 1430. The molecule has 0 aliphatic carbocycles. The maximum absolute atomic E-state index is 12.6. The predicted molar refractivity (Wildman–Crippen MR) is 177 cm³/mol. The van der Waals surface area contributed by atoms with E-state index in [9.17, 15) is 14.4 Å². The number of fused-ring (bicyclic) bond motifs is 1. The highest BCUT2D eigenvalue weighted by Crippen LogP contribution is 2.35. The Hall–Kier alpha value is -3.60. The van der Waals surface area contributed by atoms with Crippen molar-refractivity contribution in [3.63, 3.8) is 0 Å². The second-order valence-electron chi connectivity index (χ2n) is 12.6. The molecule has 0 aliphatic rings. The van der Waals surface area contributed by atoms with Gasteiger partial charge in [-0.25, -0.2) is 4.79 Å². The summed E-state index contributed by atoms with van der Waals surface area (Å²) < 4.78 is 12.2. The van der Waals surface area contributed by atoms with Gasteiger partial charge in [0.05, 0.1) is 17.7 Å². The van der Waals surface area contributed by atoms with E-state index in [1.165, 1.54) is 69.0 Å². The van der Waals surface area contributed by atoms with Gasteiger partial charge in [0.1, 0.15) is 16.9 Å². The Morgan fingerprint density at radius 3 is 2.24 bits per heavy atom. The van der Waals surface area contributed by atoms with Crippen molar-refractivity contribution in [2.45, 2.75) is 124 Å². The summed E-state index contributed by atoms with van der Waals surface area (Å²) in [5, 5.41) is 15.0. The minimum Gasteiger partial charge on any atom is -0.446 e. The van der Waals surface area contributed by atoms with Crippen LogP contribution < -0.4 is 15.4 Å². The molecule has 11 nitrogen and oxygen atoms in total. The maximum atomic E-state index is 12.6. The number of hydrogen-bond donors (Lipinski definition) is 3. The molecule has 0 aliphatic heterocycles. The quantitative estimate of drug-likeness (QED) is 0.0769. The first-order valence-electron chi connectivity index (χ1n) is 16.1. The monoisotopic (exact) mass is 644 g/mol. The first-order chi connectivity index (χ1) is 21.4. The maximum Gasteiger partial charge on any atom is 0.411 e.